The Bertz CT molecular complexity index is 1130. The second-order valence-electron chi connectivity index (χ2n) is 10.7. The summed E-state index contributed by atoms with van der Waals surface area (Å²) in [4.78, 5) is 27.0. The Hall–Kier alpha value is -2.78. The lowest BCUT2D eigenvalue weighted by atomic mass is 9.65. The van der Waals surface area contributed by atoms with Crippen molar-refractivity contribution in [2.45, 2.75) is 81.5 Å². The minimum atomic E-state index is -0.511. The molecule has 2 aliphatic carbocycles. The van der Waals surface area contributed by atoms with Crippen molar-refractivity contribution in [3.63, 3.8) is 0 Å². The molecule has 1 aromatic heterocycles. The second kappa shape index (κ2) is 8.71. The van der Waals surface area contributed by atoms with Gasteiger partial charge in [-0.1, -0.05) is 12.5 Å². The molecule has 1 amide bonds. The van der Waals surface area contributed by atoms with E-state index in [0.29, 0.717) is 24.0 Å². The zero-order chi connectivity index (χ0) is 24.2. The number of carbonyl (C=O) groups excluding carboxylic acids is 1. The van der Waals surface area contributed by atoms with E-state index >= 15 is 0 Å². The fourth-order valence-corrected chi connectivity index (χ4v) is 6.13. The highest BCUT2D eigenvalue weighted by Gasteiger charge is 2.54. The molecular weight excluding hydrogens is 447 g/mol. The van der Waals surface area contributed by atoms with Gasteiger partial charge in [0.1, 0.15) is 11.6 Å². The molecule has 1 aromatic carbocycles. The number of hydrogen-bond donors (Lipinski definition) is 3. The van der Waals surface area contributed by atoms with Crippen LogP contribution in [-0.4, -0.2) is 52.3 Å². The van der Waals surface area contributed by atoms with Gasteiger partial charge in [0.15, 0.2) is 0 Å². The largest absolute Gasteiger partial charge is 0.393 e. The highest BCUT2D eigenvalue weighted by Crippen LogP contribution is 2.54. The molecule has 1 atom stereocenters. The number of amides is 1. The number of halogens is 1. The molecule has 0 radical (unpaired) electrons. The van der Waals surface area contributed by atoms with Crippen LogP contribution in [0.3, 0.4) is 0 Å². The summed E-state index contributed by atoms with van der Waals surface area (Å²) in [6.07, 6.45) is 8.30. The fraction of sp³-hybridized carbons (Fsp3) is 0.577. The van der Waals surface area contributed by atoms with E-state index in [0.717, 1.165) is 69.0 Å². The summed E-state index contributed by atoms with van der Waals surface area (Å²) >= 11 is 0. The first-order valence-electron chi connectivity index (χ1n) is 12.9. The first-order chi connectivity index (χ1) is 16.9. The molecule has 3 fully saturated rings. The molecule has 2 aromatic rings. The maximum atomic E-state index is 14.2. The highest BCUT2D eigenvalue weighted by molar-refractivity contribution is 6.08. The van der Waals surface area contributed by atoms with Crippen molar-refractivity contribution in [3.05, 3.63) is 41.3 Å². The lowest BCUT2D eigenvalue weighted by Gasteiger charge is -2.37. The van der Waals surface area contributed by atoms with Crippen molar-refractivity contribution >= 4 is 23.4 Å². The molecule has 2 saturated carbocycles. The summed E-state index contributed by atoms with van der Waals surface area (Å²) in [5, 5.41) is 13.5. The Morgan fingerprint density at radius 1 is 1.20 bits per heavy atom. The third kappa shape index (κ3) is 3.94. The van der Waals surface area contributed by atoms with Gasteiger partial charge >= 0.3 is 0 Å². The van der Waals surface area contributed by atoms with Crippen molar-refractivity contribution in [1.29, 1.82) is 0 Å². The number of rotatable bonds is 5. The highest BCUT2D eigenvalue weighted by atomic mass is 19.1. The minimum Gasteiger partial charge on any atom is -0.393 e. The molecule has 9 heteroatoms. The molecule has 4 aliphatic rings. The molecule has 4 N–H and O–H groups in total. The number of benzene rings is 1. The number of nitrogens with one attached hydrogen (secondary N) is 1. The normalized spacial score (nSPS) is 27.3. The molecule has 1 unspecified atom stereocenters. The maximum absolute atomic E-state index is 14.2. The van der Waals surface area contributed by atoms with Gasteiger partial charge < -0.3 is 26.0 Å². The number of hydrogen-bond acceptors (Lipinski definition) is 7. The fourth-order valence-electron chi connectivity index (χ4n) is 6.13. The summed E-state index contributed by atoms with van der Waals surface area (Å²) in [6, 6.07) is 5.03. The number of aliphatic hydroxyl groups is 1. The third-order valence-electron chi connectivity index (χ3n) is 8.35. The van der Waals surface area contributed by atoms with Gasteiger partial charge in [-0.05, 0) is 62.6 Å². The van der Waals surface area contributed by atoms with E-state index in [2.05, 4.69) is 15.2 Å². The van der Waals surface area contributed by atoms with Crippen molar-refractivity contribution in [2.75, 3.05) is 28.2 Å². The number of fused-ring (bicyclic) bond motifs is 2. The minimum absolute atomic E-state index is 0.0469. The topological polar surface area (TPSA) is 108 Å². The summed E-state index contributed by atoms with van der Waals surface area (Å²) in [7, 11) is 0. The van der Waals surface area contributed by atoms with E-state index < -0.39 is 5.41 Å². The number of aliphatic hydroxyl groups excluding tert-OH is 1. The van der Waals surface area contributed by atoms with E-state index in [4.69, 9.17) is 10.7 Å². The van der Waals surface area contributed by atoms with Crippen LogP contribution in [0.1, 0.15) is 62.5 Å². The number of anilines is 3. The molecule has 0 bridgehead atoms. The van der Waals surface area contributed by atoms with E-state index in [9.17, 15) is 14.3 Å². The van der Waals surface area contributed by atoms with E-state index in [1.165, 1.54) is 12.1 Å². The van der Waals surface area contributed by atoms with Gasteiger partial charge in [0.25, 0.3) is 0 Å². The smallest absolute Gasteiger partial charge is 0.238 e. The van der Waals surface area contributed by atoms with Crippen molar-refractivity contribution in [3.8, 4) is 0 Å². The lowest BCUT2D eigenvalue weighted by molar-refractivity contribution is -0.126. The van der Waals surface area contributed by atoms with Gasteiger partial charge in [-0.25, -0.2) is 9.37 Å². The zero-order valence-corrected chi connectivity index (χ0v) is 19.9. The monoisotopic (exact) mass is 480 g/mol. The van der Waals surface area contributed by atoms with Gasteiger partial charge in [0, 0.05) is 36.9 Å². The molecular formula is C26H33FN6O2. The van der Waals surface area contributed by atoms with Crippen LogP contribution in [0.2, 0.25) is 0 Å². The number of carbonyl (C=O) groups is 1. The first-order valence-corrected chi connectivity index (χ1v) is 12.9. The predicted octanol–water partition coefficient (Wildman–Crippen LogP) is 2.84. The lowest BCUT2D eigenvalue weighted by Crippen LogP contribution is -2.45. The second-order valence-corrected chi connectivity index (χ2v) is 10.7. The van der Waals surface area contributed by atoms with Crippen molar-refractivity contribution in [2.24, 2.45) is 5.73 Å². The summed E-state index contributed by atoms with van der Waals surface area (Å²) < 4.78 is 14.2. The van der Waals surface area contributed by atoms with Crippen LogP contribution in [0, 0.1) is 5.82 Å². The number of aromatic nitrogens is 2. The average molecular weight is 481 g/mol. The van der Waals surface area contributed by atoms with E-state index in [1.807, 2.05) is 0 Å². The SMILES string of the molecule is NC1CCN(c2ncc(CN3C(=O)C4(CCC4)c4ccc(F)cc43)c(N[C@H]3CC[C@H](O)CC3)n2)C1. The van der Waals surface area contributed by atoms with Crippen LogP contribution in [0.15, 0.2) is 24.4 Å². The van der Waals surface area contributed by atoms with Crippen molar-refractivity contribution in [1.82, 2.24) is 9.97 Å². The van der Waals surface area contributed by atoms with E-state index in [-0.39, 0.29) is 36.5 Å². The molecule has 1 saturated heterocycles. The van der Waals surface area contributed by atoms with Crippen LogP contribution in [0.5, 0.6) is 0 Å². The Morgan fingerprint density at radius 2 is 2.00 bits per heavy atom. The Balaban J connectivity index is 1.32. The van der Waals surface area contributed by atoms with Crippen LogP contribution in [0.25, 0.3) is 0 Å². The Labute approximate surface area is 204 Å². The molecule has 1 spiro atoms. The van der Waals surface area contributed by atoms with Crippen LogP contribution < -0.4 is 20.9 Å². The quantitative estimate of drug-likeness (QED) is 0.604. The van der Waals surface area contributed by atoms with Crippen molar-refractivity contribution < 1.29 is 14.3 Å². The average Bonchev–Trinajstić information content (AvgIpc) is 3.35. The molecule has 8 nitrogen and oxygen atoms in total. The summed E-state index contributed by atoms with van der Waals surface area (Å²) in [5.41, 5.74) is 8.01. The predicted molar refractivity (Wildman–Crippen MR) is 132 cm³/mol. The van der Waals surface area contributed by atoms with Gasteiger partial charge in [0.2, 0.25) is 11.9 Å². The van der Waals surface area contributed by atoms with Gasteiger partial charge in [-0.15, -0.1) is 0 Å². The van der Waals surface area contributed by atoms with Crippen LogP contribution in [-0.2, 0) is 16.8 Å². The summed E-state index contributed by atoms with van der Waals surface area (Å²) in [5.74, 6) is 1.05. The molecule has 2 aliphatic heterocycles. The van der Waals surface area contributed by atoms with Crippen LogP contribution in [0.4, 0.5) is 21.8 Å². The number of nitrogens with two attached hydrogens (primary N) is 1. The zero-order valence-electron chi connectivity index (χ0n) is 19.9. The summed E-state index contributed by atoms with van der Waals surface area (Å²) in [6.45, 7) is 1.82. The molecule has 35 heavy (non-hydrogen) atoms. The molecule has 3 heterocycles. The van der Waals surface area contributed by atoms with Gasteiger partial charge in [-0.3, -0.25) is 4.79 Å². The number of nitrogens with zero attached hydrogens (tertiary/aromatic N) is 4. The van der Waals surface area contributed by atoms with E-state index in [1.54, 1.807) is 17.2 Å². The molecule has 6 rings (SSSR count). The molecule has 186 valence electrons. The van der Waals surface area contributed by atoms with Gasteiger partial charge in [-0.2, -0.15) is 4.98 Å². The van der Waals surface area contributed by atoms with Gasteiger partial charge in [0.05, 0.1) is 23.8 Å². The standard InChI is InChI=1S/C26H33FN6O2/c27-17-2-7-21-22(12-17)33(24(35)26(21)9-1-10-26)14-16-13-29-25(32-11-8-18(28)15-32)31-23(16)30-19-3-5-20(34)6-4-19/h2,7,12-13,18-20,34H,1,3-6,8-11,14-15,28H2,(H,29,30,31)/t18?,19-,20-. The Morgan fingerprint density at radius 3 is 2.69 bits per heavy atom. The maximum Gasteiger partial charge on any atom is 0.238 e. The van der Waals surface area contributed by atoms with Crippen LogP contribution >= 0.6 is 0 Å². The third-order valence-corrected chi connectivity index (χ3v) is 8.35. The Kier molecular flexibility index (Phi) is 5.64. The first kappa shape index (κ1) is 22.7.